The highest BCUT2D eigenvalue weighted by molar-refractivity contribution is 7.16. The molecule has 3 aromatic rings. The maximum absolute atomic E-state index is 12.8. The zero-order valence-electron chi connectivity index (χ0n) is 17.3. The summed E-state index contributed by atoms with van der Waals surface area (Å²) in [5.74, 6) is -1.09. The molecular formula is C23H20N4O4S. The van der Waals surface area contributed by atoms with Gasteiger partial charge in [-0.25, -0.2) is 0 Å². The highest BCUT2D eigenvalue weighted by Crippen LogP contribution is 2.24. The van der Waals surface area contributed by atoms with E-state index in [9.17, 15) is 19.2 Å². The number of hydrogen-bond donors (Lipinski definition) is 1. The molecule has 4 rings (SSSR count). The first-order valence-corrected chi connectivity index (χ1v) is 10.8. The zero-order chi connectivity index (χ0) is 22.8. The van der Waals surface area contributed by atoms with Gasteiger partial charge in [0.15, 0.2) is 4.80 Å². The SMILES string of the molecule is C=CCn1c(=NC(=O)c2ccc(N3C(=O)CCC3=O)cc2)sc2cc(NC(C)=O)ccc21. The van der Waals surface area contributed by atoms with Crippen LogP contribution in [0.5, 0.6) is 0 Å². The van der Waals surface area contributed by atoms with Gasteiger partial charge in [-0.1, -0.05) is 17.4 Å². The molecule has 4 amide bonds. The van der Waals surface area contributed by atoms with E-state index in [1.165, 1.54) is 18.3 Å². The van der Waals surface area contributed by atoms with Crippen molar-refractivity contribution in [2.24, 2.45) is 4.99 Å². The Labute approximate surface area is 187 Å². The molecule has 8 nitrogen and oxygen atoms in total. The molecule has 0 spiro atoms. The van der Waals surface area contributed by atoms with Gasteiger partial charge in [-0.3, -0.25) is 24.1 Å². The lowest BCUT2D eigenvalue weighted by atomic mass is 10.2. The Morgan fingerprint density at radius 3 is 2.44 bits per heavy atom. The Morgan fingerprint density at radius 1 is 1.12 bits per heavy atom. The van der Waals surface area contributed by atoms with E-state index >= 15 is 0 Å². The van der Waals surface area contributed by atoms with Gasteiger partial charge in [0, 0.05) is 37.6 Å². The van der Waals surface area contributed by atoms with Crippen molar-refractivity contribution in [1.29, 1.82) is 0 Å². The molecule has 32 heavy (non-hydrogen) atoms. The van der Waals surface area contributed by atoms with Crippen molar-refractivity contribution >= 4 is 56.6 Å². The number of hydrogen-bond acceptors (Lipinski definition) is 5. The number of allylic oxidation sites excluding steroid dienone is 1. The lowest BCUT2D eigenvalue weighted by molar-refractivity contribution is -0.121. The van der Waals surface area contributed by atoms with Gasteiger partial charge in [0.05, 0.1) is 15.9 Å². The van der Waals surface area contributed by atoms with Crippen molar-refractivity contribution in [3.63, 3.8) is 0 Å². The average Bonchev–Trinajstić information content (AvgIpc) is 3.26. The summed E-state index contributed by atoms with van der Waals surface area (Å²) >= 11 is 1.33. The summed E-state index contributed by atoms with van der Waals surface area (Å²) in [5, 5.41) is 2.75. The Hall–Kier alpha value is -3.85. The molecular weight excluding hydrogens is 428 g/mol. The fraction of sp³-hybridized carbons (Fsp3) is 0.174. The smallest absolute Gasteiger partial charge is 0.279 e. The number of thiazole rings is 1. The lowest BCUT2D eigenvalue weighted by Gasteiger charge is -2.13. The number of amides is 4. The molecule has 0 saturated carbocycles. The van der Waals surface area contributed by atoms with Gasteiger partial charge in [-0.2, -0.15) is 4.99 Å². The van der Waals surface area contributed by atoms with Crippen molar-refractivity contribution in [3.05, 3.63) is 65.5 Å². The van der Waals surface area contributed by atoms with Gasteiger partial charge in [-0.15, -0.1) is 6.58 Å². The molecule has 9 heteroatoms. The van der Waals surface area contributed by atoms with E-state index in [1.54, 1.807) is 36.4 Å². The number of carbonyl (C=O) groups is 4. The van der Waals surface area contributed by atoms with Crippen LogP contribution in [0.15, 0.2) is 60.1 Å². The Balaban J connectivity index is 1.68. The van der Waals surface area contributed by atoms with Crippen LogP contribution < -0.4 is 15.0 Å². The predicted octanol–water partition coefficient (Wildman–Crippen LogP) is 3.24. The topological polar surface area (TPSA) is 101 Å². The molecule has 0 atom stereocenters. The van der Waals surface area contributed by atoms with E-state index < -0.39 is 5.91 Å². The van der Waals surface area contributed by atoms with E-state index in [1.807, 2.05) is 16.7 Å². The number of benzene rings is 2. The molecule has 2 aromatic carbocycles. The van der Waals surface area contributed by atoms with E-state index in [0.29, 0.717) is 28.3 Å². The number of nitrogens with one attached hydrogen (secondary N) is 1. The Kier molecular flexibility index (Phi) is 5.83. The second-order valence-electron chi connectivity index (χ2n) is 7.23. The zero-order valence-corrected chi connectivity index (χ0v) is 18.1. The van der Waals surface area contributed by atoms with Crippen molar-refractivity contribution in [2.75, 3.05) is 10.2 Å². The number of carbonyl (C=O) groups excluding carboxylic acids is 4. The summed E-state index contributed by atoms with van der Waals surface area (Å²) in [6.45, 7) is 5.68. The number of aromatic nitrogens is 1. The van der Waals surface area contributed by atoms with Crippen molar-refractivity contribution in [3.8, 4) is 0 Å². The van der Waals surface area contributed by atoms with Gasteiger partial charge in [0.25, 0.3) is 5.91 Å². The fourth-order valence-corrected chi connectivity index (χ4v) is 4.59. The first kappa shape index (κ1) is 21.4. The van der Waals surface area contributed by atoms with Crippen molar-refractivity contribution in [2.45, 2.75) is 26.3 Å². The monoisotopic (exact) mass is 448 g/mol. The molecule has 1 fully saturated rings. The van der Waals surface area contributed by atoms with E-state index in [0.717, 1.165) is 15.1 Å². The third kappa shape index (κ3) is 4.15. The highest BCUT2D eigenvalue weighted by Gasteiger charge is 2.30. The first-order chi connectivity index (χ1) is 15.4. The molecule has 1 aliphatic rings. The minimum absolute atomic E-state index is 0.166. The van der Waals surface area contributed by atoms with Crippen molar-refractivity contribution in [1.82, 2.24) is 4.57 Å². The van der Waals surface area contributed by atoms with E-state index in [4.69, 9.17) is 0 Å². The molecule has 1 saturated heterocycles. The maximum atomic E-state index is 12.8. The summed E-state index contributed by atoms with van der Waals surface area (Å²) in [4.78, 5) is 53.9. The third-order valence-corrected chi connectivity index (χ3v) is 5.98. The average molecular weight is 449 g/mol. The largest absolute Gasteiger partial charge is 0.326 e. The number of fused-ring (bicyclic) bond motifs is 1. The Bertz CT molecular complexity index is 1320. The van der Waals surface area contributed by atoms with Gasteiger partial charge in [0.2, 0.25) is 17.7 Å². The second-order valence-corrected chi connectivity index (χ2v) is 8.24. The lowest BCUT2D eigenvalue weighted by Crippen LogP contribution is -2.28. The van der Waals surface area contributed by atoms with E-state index in [-0.39, 0.29) is 30.6 Å². The van der Waals surface area contributed by atoms with Gasteiger partial charge in [-0.05, 0) is 42.5 Å². The number of imide groups is 1. The molecule has 0 bridgehead atoms. The first-order valence-electron chi connectivity index (χ1n) is 9.94. The quantitative estimate of drug-likeness (QED) is 0.478. The predicted molar refractivity (Wildman–Crippen MR) is 122 cm³/mol. The molecule has 0 unspecified atom stereocenters. The minimum Gasteiger partial charge on any atom is -0.326 e. The van der Waals surface area contributed by atoms with Crippen LogP contribution in [0.3, 0.4) is 0 Å². The fourth-order valence-electron chi connectivity index (χ4n) is 3.51. The second kappa shape index (κ2) is 8.72. The summed E-state index contributed by atoms with van der Waals surface area (Å²) in [6.07, 6.45) is 2.12. The standard InChI is InChI=1S/C23H20N4O4S/c1-3-12-26-18-9-6-16(24-14(2)28)13-19(18)32-23(26)25-22(31)15-4-7-17(8-5-15)27-20(29)10-11-21(27)30/h3-9,13H,1,10-12H2,2H3,(H,24,28). The maximum Gasteiger partial charge on any atom is 0.279 e. The van der Waals surface area contributed by atoms with Crippen LogP contribution in [-0.2, 0) is 20.9 Å². The normalized spacial score (nSPS) is 14.3. The minimum atomic E-state index is -0.443. The molecule has 162 valence electrons. The summed E-state index contributed by atoms with van der Waals surface area (Å²) in [6, 6.07) is 11.8. The third-order valence-electron chi connectivity index (χ3n) is 4.94. The Morgan fingerprint density at radius 2 is 1.81 bits per heavy atom. The molecule has 1 N–H and O–H groups in total. The molecule has 1 aromatic heterocycles. The van der Waals surface area contributed by atoms with Crippen LogP contribution in [0.4, 0.5) is 11.4 Å². The van der Waals surface area contributed by atoms with Gasteiger partial charge in [0.1, 0.15) is 0 Å². The van der Waals surface area contributed by atoms with Crippen LogP contribution >= 0.6 is 11.3 Å². The highest BCUT2D eigenvalue weighted by atomic mass is 32.1. The van der Waals surface area contributed by atoms with Crippen LogP contribution in [0.25, 0.3) is 10.2 Å². The molecule has 0 aliphatic carbocycles. The molecule has 1 aliphatic heterocycles. The van der Waals surface area contributed by atoms with Crippen LogP contribution in [0.2, 0.25) is 0 Å². The van der Waals surface area contributed by atoms with Crippen LogP contribution in [0, 0.1) is 0 Å². The van der Waals surface area contributed by atoms with Gasteiger partial charge >= 0.3 is 0 Å². The number of rotatable bonds is 5. The molecule has 0 radical (unpaired) electrons. The number of anilines is 2. The summed E-state index contributed by atoms with van der Waals surface area (Å²) in [7, 11) is 0. The van der Waals surface area contributed by atoms with Crippen LogP contribution in [-0.4, -0.2) is 28.2 Å². The van der Waals surface area contributed by atoms with Crippen molar-refractivity contribution < 1.29 is 19.2 Å². The van der Waals surface area contributed by atoms with E-state index in [2.05, 4.69) is 16.9 Å². The summed E-state index contributed by atoms with van der Waals surface area (Å²) in [5.41, 5.74) is 2.32. The van der Waals surface area contributed by atoms with Crippen LogP contribution in [0.1, 0.15) is 30.1 Å². The van der Waals surface area contributed by atoms with Gasteiger partial charge < -0.3 is 9.88 Å². The molecule has 2 heterocycles. The summed E-state index contributed by atoms with van der Waals surface area (Å²) < 4.78 is 2.74. The number of nitrogens with zero attached hydrogens (tertiary/aromatic N) is 3.